The van der Waals surface area contributed by atoms with E-state index in [1.165, 1.54) is 24.5 Å². The third-order valence-electron chi connectivity index (χ3n) is 11.8. The first-order chi connectivity index (χ1) is 28.5. The van der Waals surface area contributed by atoms with Crippen molar-refractivity contribution in [1.82, 2.24) is 5.32 Å². The molecule has 1 amide bonds. The second-order valence-corrected chi connectivity index (χ2v) is 15.3. The number of allylic oxidation sites excluding steroid dienone is 1. The maximum absolute atomic E-state index is 14.5. The lowest BCUT2D eigenvalue weighted by atomic mass is 9.79. The Hall–Kier alpha value is -5.95. The number of guanidine groups is 1. The lowest BCUT2D eigenvalue weighted by Gasteiger charge is -2.47. The van der Waals surface area contributed by atoms with E-state index in [-0.39, 0.29) is 69.9 Å². The summed E-state index contributed by atoms with van der Waals surface area (Å²) < 4.78 is 25.8. The number of rotatable bonds is 7. The Balaban J connectivity index is 1.31. The molecule has 304 valence electrons. The van der Waals surface area contributed by atoms with Crippen molar-refractivity contribution in [2.45, 2.75) is 80.4 Å². The third kappa shape index (κ3) is 6.37. The van der Waals surface area contributed by atoms with E-state index in [0.29, 0.717) is 48.1 Å². The van der Waals surface area contributed by atoms with Crippen LogP contribution in [0.25, 0.3) is 0 Å². The topological polar surface area (TPSA) is 251 Å². The number of hydrogen-bond acceptors (Lipinski definition) is 14. The van der Waals surface area contributed by atoms with Crippen LogP contribution in [-0.4, -0.2) is 117 Å². The van der Waals surface area contributed by atoms with Crippen LogP contribution >= 0.6 is 0 Å². The lowest BCUT2D eigenvalue weighted by Crippen LogP contribution is -3.09. The van der Waals surface area contributed by atoms with E-state index < -0.39 is 72.4 Å². The number of nitrogens with one attached hydrogen (secondary N) is 3. The zero-order valence-electron chi connectivity index (χ0n) is 31.4. The number of aliphatic hydroxyl groups excluding tert-OH is 4. The summed E-state index contributed by atoms with van der Waals surface area (Å²) in [5.74, 6) is -3.27. The fourth-order valence-electron chi connectivity index (χ4n) is 8.95. The van der Waals surface area contributed by atoms with Crippen molar-refractivity contribution >= 4 is 47.0 Å². The quantitative estimate of drug-likeness (QED) is 0.125. The SMILES string of the molecule is N=C1N=C2C(=NC[NH+]2c2ccccc2[C@@H]2/C=C\OC3(CCCC3)[C@@H]3O[C@H](Oc4c2cc2c(c4OC[C@H](O)CC=O)C(=O)c4ccccc4C2=O)[C@@H](O)[C@H](O)[C@H]3O)C(=O)N1. The summed E-state index contributed by atoms with van der Waals surface area (Å²) in [6.45, 7) is -0.483. The minimum absolute atomic E-state index is 0.0434. The molecule has 0 radical (unpaired) electrons. The summed E-state index contributed by atoms with van der Waals surface area (Å²) in [6.07, 6.45) is -3.83. The Kier molecular flexibility index (Phi) is 9.81. The molecule has 3 aromatic carbocycles. The first-order valence-corrected chi connectivity index (χ1v) is 19.3. The highest BCUT2D eigenvalue weighted by Crippen LogP contribution is 2.50. The molecule has 1 unspecified atom stereocenters. The van der Waals surface area contributed by atoms with Gasteiger partial charge in [-0.2, -0.15) is 4.99 Å². The summed E-state index contributed by atoms with van der Waals surface area (Å²) in [6, 6.07) is 14.9. The fourth-order valence-corrected chi connectivity index (χ4v) is 8.95. The van der Waals surface area contributed by atoms with Gasteiger partial charge in [-0.1, -0.05) is 42.5 Å². The van der Waals surface area contributed by atoms with Crippen molar-refractivity contribution in [3.8, 4) is 11.5 Å². The van der Waals surface area contributed by atoms with Gasteiger partial charge in [0, 0.05) is 40.2 Å². The number of aliphatic hydroxyl groups is 4. The maximum Gasteiger partial charge on any atom is 0.284 e. The van der Waals surface area contributed by atoms with E-state index in [2.05, 4.69) is 15.3 Å². The standard InChI is InChI=1S/C42H39N5O12/c43-41-45-38-29(39(55)46-41)44-19-47(38)27-10-4-3-7-22(27)21-12-16-57-42(13-5-6-14-42)37-33(53)32(52)34(54)40(59-37)58-35-25(21)17-26-28(36(35)56-18-20(49)11-15-48)31(51)24-9-2-1-8-23(24)30(26)50/h1-4,7-10,12,15-17,20-21,32-34,37,40,49,52-54H,5-6,11,13-14,18-19H2,(H2,43,46,55)/p+1/b16-12-/t20-,21+,32-,33-,34+,37-,40+/m1/s1. The molecular formula is C42H40N5O12+. The first kappa shape index (κ1) is 38.6. The van der Waals surface area contributed by atoms with E-state index in [0.717, 1.165) is 0 Å². The van der Waals surface area contributed by atoms with Crippen molar-refractivity contribution in [2.24, 2.45) is 9.98 Å². The molecule has 8 atom stereocenters. The number of ketones is 2. The Morgan fingerprint density at radius 3 is 2.46 bits per heavy atom. The second-order valence-electron chi connectivity index (χ2n) is 15.3. The summed E-state index contributed by atoms with van der Waals surface area (Å²) in [7, 11) is 0. The van der Waals surface area contributed by atoms with Crippen LogP contribution in [0.4, 0.5) is 5.69 Å². The highest BCUT2D eigenvalue weighted by Gasteiger charge is 2.56. The van der Waals surface area contributed by atoms with Gasteiger partial charge >= 0.3 is 0 Å². The number of fused-ring (bicyclic) bond motifs is 7. The molecule has 59 heavy (non-hydrogen) atoms. The van der Waals surface area contributed by atoms with E-state index in [4.69, 9.17) is 24.4 Å². The summed E-state index contributed by atoms with van der Waals surface area (Å²) in [5, 5.41) is 55.4. The number of para-hydroxylation sites is 1. The van der Waals surface area contributed by atoms with E-state index in [1.807, 2.05) is 0 Å². The summed E-state index contributed by atoms with van der Waals surface area (Å²) in [5.41, 5.74) is 0.171. The van der Waals surface area contributed by atoms with Crippen molar-refractivity contribution in [3.63, 3.8) is 0 Å². The van der Waals surface area contributed by atoms with Crippen molar-refractivity contribution in [2.75, 3.05) is 13.3 Å². The highest BCUT2D eigenvalue weighted by atomic mass is 16.7. The molecule has 6 aliphatic rings. The number of aldehydes is 1. The van der Waals surface area contributed by atoms with E-state index in [1.54, 1.807) is 42.5 Å². The van der Waals surface area contributed by atoms with Gasteiger partial charge in [-0.25, -0.2) is 9.89 Å². The van der Waals surface area contributed by atoms with Crippen LogP contribution < -0.4 is 19.7 Å². The predicted molar refractivity (Wildman–Crippen MR) is 205 cm³/mol. The number of amidine groups is 1. The van der Waals surface area contributed by atoms with Gasteiger partial charge in [-0.15, -0.1) is 0 Å². The molecule has 9 rings (SSSR count). The van der Waals surface area contributed by atoms with Gasteiger partial charge in [0.1, 0.15) is 48.6 Å². The zero-order chi connectivity index (χ0) is 41.2. The number of carbonyl (C=O) groups excluding carboxylic acids is 4. The fraction of sp³-hybridized carbons (Fsp3) is 0.357. The van der Waals surface area contributed by atoms with Gasteiger partial charge in [0.05, 0.1) is 17.9 Å². The average molecular weight is 807 g/mol. The minimum Gasteiger partial charge on any atom is -0.492 e. The molecule has 3 aromatic rings. The van der Waals surface area contributed by atoms with Crippen molar-refractivity contribution in [1.29, 1.82) is 5.41 Å². The second kappa shape index (κ2) is 15.0. The number of amides is 1. The molecule has 1 saturated heterocycles. The van der Waals surface area contributed by atoms with Gasteiger partial charge in [0.15, 0.2) is 29.7 Å². The molecule has 2 aliphatic carbocycles. The van der Waals surface area contributed by atoms with Crippen LogP contribution in [0.5, 0.6) is 11.5 Å². The van der Waals surface area contributed by atoms with Gasteiger partial charge in [-0.3, -0.25) is 25.1 Å². The normalized spacial score (nSPS) is 28.9. The number of nitrogens with zero attached hydrogens (tertiary/aromatic N) is 2. The predicted octanol–water partition coefficient (Wildman–Crippen LogP) is 0.357. The third-order valence-corrected chi connectivity index (χ3v) is 11.8. The smallest absolute Gasteiger partial charge is 0.284 e. The Morgan fingerprint density at radius 2 is 1.69 bits per heavy atom. The Morgan fingerprint density at radius 1 is 0.966 bits per heavy atom. The van der Waals surface area contributed by atoms with Crippen LogP contribution in [0.3, 0.4) is 0 Å². The van der Waals surface area contributed by atoms with Crippen LogP contribution in [-0.2, 0) is 19.1 Å². The Labute approximate surface area is 336 Å². The monoisotopic (exact) mass is 806 g/mol. The summed E-state index contributed by atoms with van der Waals surface area (Å²) >= 11 is 0. The minimum atomic E-state index is -1.84. The molecule has 1 spiro atoms. The largest absolute Gasteiger partial charge is 0.492 e. The van der Waals surface area contributed by atoms with Crippen molar-refractivity contribution in [3.05, 3.63) is 100 Å². The number of ether oxygens (including phenoxy) is 4. The van der Waals surface area contributed by atoms with Gasteiger partial charge in [-0.05, 0) is 43.9 Å². The molecule has 2 bridgehead atoms. The zero-order valence-corrected chi connectivity index (χ0v) is 31.4. The molecule has 4 aliphatic heterocycles. The molecular weight excluding hydrogens is 766 g/mol. The average Bonchev–Trinajstić information content (AvgIpc) is 3.89. The van der Waals surface area contributed by atoms with Crippen LogP contribution in [0.1, 0.15) is 81.0 Å². The number of quaternary nitrogens is 1. The molecule has 17 nitrogen and oxygen atoms in total. The van der Waals surface area contributed by atoms with Gasteiger partial charge in [0.25, 0.3) is 11.7 Å². The Bertz CT molecular complexity index is 2390. The molecule has 7 N–H and O–H groups in total. The van der Waals surface area contributed by atoms with E-state index in [9.17, 15) is 39.6 Å². The molecule has 1 saturated carbocycles. The van der Waals surface area contributed by atoms with Crippen LogP contribution in [0.2, 0.25) is 0 Å². The highest BCUT2D eigenvalue weighted by molar-refractivity contribution is 6.68. The van der Waals surface area contributed by atoms with Crippen LogP contribution in [0, 0.1) is 5.41 Å². The molecule has 17 heteroatoms. The molecule has 2 fully saturated rings. The van der Waals surface area contributed by atoms with Crippen molar-refractivity contribution < 1.29 is 63.5 Å². The number of benzene rings is 3. The number of carbonyl (C=O) groups is 4. The van der Waals surface area contributed by atoms with Gasteiger partial charge < -0.3 is 44.2 Å². The van der Waals surface area contributed by atoms with Crippen LogP contribution in [0.15, 0.2) is 76.9 Å². The number of aliphatic imine (C=N–C) groups is 2. The lowest BCUT2D eigenvalue weighted by molar-refractivity contribution is -0.723. The van der Waals surface area contributed by atoms with E-state index >= 15 is 0 Å². The summed E-state index contributed by atoms with van der Waals surface area (Å²) in [4.78, 5) is 62.5. The number of hydrogen-bond donors (Lipinski definition) is 7. The van der Waals surface area contributed by atoms with Gasteiger partial charge in [0.2, 0.25) is 18.0 Å². The first-order valence-electron chi connectivity index (χ1n) is 19.3. The maximum atomic E-state index is 14.5. The molecule has 4 heterocycles. The molecule has 0 aromatic heterocycles.